The molecule has 0 saturated carbocycles. The molecule has 1 amide bonds. The molecule has 1 aliphatic heterocycles. The zero-order valence-electron chi connectivity index (χ0n) is 15.3. The number of benzene rings is 1. The molecule has 4 rings (SSSR count). The van der Waals surface area contributed by atoms with Crippen LogP contribution in [0.4, 0.5) is 9.52 Å². The van der Waals surface area contributed by atoms with Crippen molar-refractivity contribution in [3.63, 3.8) is 0 Å². The Labute approximate surface area is 172 Å². The number of aryl methyl sites for hydroxylation is 1. The Morgan fingerprint density at radius 2 is 2.11 bits per heavy atom. The lowest BCUT2D eigenvalue weighted by Crippen LogP contribution is -2.27. The Kier molecular flexibility index (Phi) is 6.43. The second kappa shape index (κ2) is 8.81. The zero-order chi connectivity index (χ0) is 18.8. The van der Waals surface area contributed by atoms with Gasteiger partial charge in [-0.05, 0) is 23.3 Å². The van der Waals surface area contributed by atoms with Gasteiger partial charge in [-0.25, -0.2) is 9.37 Å². The van der Waals surface area contributed by atoms with Crippen LogP contribution in [-0.2, 0) is 18.3 Å². The summed E-state index contributed by atoms with van der Waals surface area (Å²) in [6, 6.07) is 6.42. The molecular formula is C19H21ClFN5OS. The predicted octanol–water partition coefficient (Wildman–Crippen LogP) is 2.97. The number of thiazole rings is 1. The molecule has 2 aromatic heterocycles. The van der Waals surface area contributed by atoms with Gasteiger partial charge < -0.3 is 10.6 Å². The fraction of sp³-hybridized carbons (Fsp3) is 0.316. The fourth-order valence-corrected chi connectivity index (χ4v) is 4.23. The van der Waals surface area contributed by atoms with Crippen LogP contribution in [0.1, 0.15) is 21.9 Å². The van der Waals surface area contributed by atoms with Gasteiger partial charge in [0.1, 0.15) is 5.82 Å². The number of hydrogen-bond acceptors (Lipinski definition) is 5. The van der Waals surface area contributed by atoms with Gasteiger partial charge in [0.15, 0.2) is 5.13 Å². The lowest BCUT2D eigenvalue weighted by Gasteiger charge is -2.15. The van der Waals surface area contributed by atoms with E-state index in [0.29, 0.717) is 18.1 Å². The topological polar surface area (TPSA) is 71.8 Å². The summed E-state index contributed by atoms with van der Waals surface area (Å²) in [7, 11) is 1.87. The van der Waals surface area contributed by atoms with Crippen LogP contribution in [0, 0.1) is 11.7 Å². The molecule has 0 bridgehead atoms. The first kappa shape index (κ1) is 20.4. The highest BCUT2D eigenvalue weighted by atomic mass is 35.5. The molecule has 3 aromatic rings. The molecule has 9 heteroatoms. The number of nitrogens with zero attached hydrogens (tertiary/aromatic N) is 3. The van der Waals surface area contributed by atoms with E-state index in [1.165, 1.54) is 23.5 Å². The van der Waals surface area contributed by atoms with Crippen LogP contribution in [0.15, 0.2) is 42.9 Å². The van der Waals surface area contributed by atoms with Gasteiger partial charge in [-0.2, -0.15) is 5.10 Å². The van der Waals surface area contributed by atoms with Gasteiger partial charge in [0.05, 0.1) is 12.1 Å². The number of amides is 1. The van der Waals surface area contributed by atoms with E-state index in [0.717, 1.165) is 22.5 Å². The molecule has 1 aliphatic rings. The van der Waals surface area contributed by atoms with E-state index >= 15 is 0 Å². The first-order valence-electron chi connectivity index (χ1n) is 8.78. The molecule has 2 N–H and O–H groups in total. The number of aromatic nitrogens is 3. The maximum absolute atomic E-state index is 13.0. The van der Waals surface area contributed by atoms with Crippen LogP contribution < -0.4 is 10.6 Å². The Balaban J connectivity index is 0.00000225. The summed E-state index contributed by atoms with van der Waals surface area (Å²) in [6.45, 7) is 1.40. The summed E-state index contributed by atoms with van der Waals surface area (Å²) in [5.41, 5.74) is 2.08. The number of hydrogen-bond donors (Lipinski definition) is 2. The van der Waals surface area contributed by atoms with E-state index in [-0.39, 0.29) is 36.0 Å². The van der Waals surface area contributed by atoms with Gasteiger partial charge in [-0.3, -0.25) is 9.48 Å². The van der Waals surface area contributed by atoms with E-state index in [4.69, 9.17) is 0 Å². The summed E-state index contributed by atoms with van der Waals surface area (Å²) in [5, 5.41) is 11.0. The monoisotopic (exact) mass is 421 g/mol. The summed E-state index contributed by atoms with van der Waals surface area (Å²) in [6.07, 6.45) is 6.20. The second-order valence-electron chi connectivity index (χ2n) is 6.74. The molecule has 0 unspecified atom stereocenters. The number of anilines is 1. The van der Waals surface area contributed by atoms with Crippen LogP contribution in [0.2, 0.25) is 0 Å². The summed E-state index contributed by atoms with van der Waals surface area (Å²) >= 11 is 1.45. The van der Waals surface area contributed by atoms with Gasteiger partial charge >= 0.3 is 0 Å². The van der Waals surface area contributed by atoms with Gasteiger partial charge in [0.25, 0.3) is 0 Å². The van der Waals surface area contributed by atoms with Crippen LogP contribution in [0.25, 0.3) is 0 Å². The van der Waals surface area contributed by atoms with Gasteiger partial charge in [0.2, 0.25) is 5.91 Å². The molecule has 3 heterocycles. The van der Waals surface area contributed by atoms with Crippen molar-refractivity contribution < 1.29 is 9.18 Å². The summed E-state index contributed by atoms with van der Waals surface area (Å²) in [5.74, 6) is -0.322. The Morgan fingerprint density at radius 3 is 2.82 bits per heavy atom. The number of halogens is 2. The molecular weight excluding hydrogens is 401 g/mol. The van der Waals surface area contributed by atoms with Gasteiger partial charge in [-0.15, -0.1) is 23.7 Å². The third-order valence-electron chi connectivity index (χ3n) is 4.78. The van der Waals surface area contributed by atoms with Crippen molar-refractivity contribution in [1.82, 2.24) is 20.1 Å². The van der Waals surface area contributed by atoms with Crippen molar-refractivity contribution in [1.29, 1.82) is 0 Å². The minimum atomic E-state index is -0.246. The maximum atomic E-state index is 13.0. The first-order valence-corrected chi connectivity index (χ1v) is 9.59. The van der Waals surface area contributed by atoms with Crippen LogP contribution in [0.3, 0.4) is 0 Å². The van der Waals surface area contributed by atoms with Crippen molar-refractivity contribution in [3.8, 4) is 0 Å². The lowest BCUT2D eigenvalue weighted by molar-refractivity contribution is -0.119. The smallest absolute Gasteiger partial charge is 0.231 e. The quantitative estimate of drug-likeness (QED) is 0.664. The normalized spacial score (nSPS) is 18.6. The minimum absolute atomic E-state index is 0. The molecule has 1 aromatic carbocycles. The largest absolute Gasteiger partial charge is 0.315 e. The highest BCUT2D eigenvalue weighted by molar-refractivity contribution is 7.15. The molecule has 28 heavy (non-hydrogen) atoms. The number of nitrogens with one attached hydrogen (secondary N) is 2. The van der Waals surface area contributed by atoms with Crippen molar-refractivity contribution in [3.05, 3.63) is 64.7 Å². The first-order chi connectivity index (χ1) is 13.1. The minimum Gasteiger partial charge on any atom is -0.315 e. The second-order valence-corrected chi connectivity index (χ2v) is 7.86. The van der Waals surface area contributed by atoms with E-state index in [1.807, 2.05) is 19.4 Å². The number of carbonyl (C=O) groups excluding carboxylic acids is 1. The maximum Gasteiger partial charge on any atom is 0.231 e. The van der Waals surface area contributed by atoms with E-state index in [9.17, 15) is 9.18 Å². The third-order valence-corrected chi connectivity index (χ3v) is 5.69. The SMILES string of the molecule is Cl.Cn1cc([C@H]2CNC[C@@H]2C(=O)Nc2ncc(Cc3ccc(F)cc3)s2)cn1. The average Bonchev–Trinajstić information content (AvgIpc) is 3.37. The number of carbonyl (C=O) groups is 1. The van der Waals surface area contributed by atoms with E-state index < -0.39 is 0 Å². The average molecular weight is 422 g/mol. The van der Waals surface area contributed by atoms with Crippen molar-refractivity contribution >= 4 is 34.8 Å². The third kappa shape index (κ3) is 4.57. The lowest BCUT2D eigenvalue weighted by atomic mass is 9.90. The van der Waals surface area contributed by atoms with Crippen molar-refractivity contribution in [2.24, 2.45) is 13.0 Å². The summed E-state index contributed by atoms with van der Waals surface area (Å²) in [4.78, 5) is 18.1. The van der Waals surface area contributed by atoms with Crippen molar-refractivity contribution in [2.75, 3.05) is 18.4 Å². The number of rotatable bonds is 5. The molecule has 0 aliphatic carbocycles. The Morgan fingerprint density at radius 1 is 1.32 bits per heavy atom. The van der Waals surface area contributed by atoms with E-state index in [2.05, 4.69) is 20.7 Å². The van der Waals surface area contributed by atoms with E-state index in [1.54, 1.807) is 23.0 Å². The standard InChI is InChI=1S/C19H20FN5OS.ClH/c1-25-11-13(7-23-25)16-9-21-10-17(16)18(26)24-19-22-8-15(27-19)6-12-2-4-14(20)5-3-12;/h2-5,7-8,11,16-17,21H,6,9-10H2,1H3,(H,22,24,26);1H/t16-,17+;/m1./s1. The Bertz CT molecular complexity index is 942. The Hall–Kier alpha value is -2.29. The molecule has 2 atom stereocenters. The molecule has 6 nitrogen and oxygen atoms in total. The zero-order valence-corrected chi connectivity index (χ0v) is 16.9. The van der Waals surface area contributed by atoms with Crippen LogP contribution in [-0.4, -0.2) is 33.8 Å². The molecule has 1 saturated heterocycles. The van der Waals surface area contributed by atoms with Gasteiger partial charge in [-0.1, -0.05) is 12.1 Å². The molecule has 0 spiro atoms. The highest BCUT2D eigenvalue weighted by Gasteiger charge is 2.35. The van der Waals surface area contributed by atoms with Gasteiger partial charge in [0, 0.05) is 49.7 Å². The summed E-state index contributed by atoms with van der Waals surface area (Å²) < 4.78 is 14.8. The molecule has 1 fully saturated rings. The van der Waals surface area contributed by atoms with Crippen LogP contribution >= 0.6 is 23.7 Å². The molecule has 148 valence electrons. The fourth-order valence-electron chi connectivity index (χ4n) is 3.38. The molecule has 0 radical (unpaired) electrons. The predicted molar refractivity (Wildman–Crippen MR) is 110 cm³/mol. The van der Waals surface area contributed by atoms with Crippen LogP contribution in [0.5, 0.6) is 0 Å². The van der Waals surface area contributed by atoms with Crippen molar-refractivity contribution in [2.45, 2.75) is 12.3 Å². The highest BCUT2D eigenvalue weighted by Crippen LogP contribution is 2.29.